The topological polar surface area (TPSA) is 277 Å². The van der Waals surface area contributed by atoms with Crippen molar-refractivity contribution in [3.63, 3.8) is 0 Å². The van der Waals surface area contributed by atoms with E-state index >= 15 is 0 Å². The second-order valence-corrected chi connectivity index (χ2v) is 17.3. The monoisotopic (exact) mass is 904 g/mol. The molecule has 4 bridgehead atoms. The van der Waals surface area contributed by atoms with Gasteiger partial charge in [0.05, 0.1) is 29.6 Å². The van der Waals surface area contributed by atoms with E-state index in [2.05, 4.69) is 52.0 Å². The van der Waals surface area contributed by atoms with Gasteiger partial charge in [-0.2, -0.15) is 5.26 Å². The standard InChI is InChI=1S/C48H60N10O8/c1-27-40(28(2)54-42(53-27)31-9-12-33(13-10-31)65-22-17-48(4,5)6)45(62)56-36(16-18-49)47(64)58(7)41-32-11-14-38(59)34(26-32)35-24-30(8-15-39(35)66-23-20-51)25-37(44(61)52-21-19-50)57-43(60)29(3)55-46(41)63/h8-15,24,26,29,36-37,41,59H,16-18,20-23,25,49,51H2,1-7H3,(H,52,61)(H,55,63)(H,56,62)(H,57,60). The van der Waals surface area contributed by atoms with Crippen molar-refractivity contribution < 1.29 is 38.6 Å². The number of hydrogen-bond acceptors (Lipinski definition) is 13. The Morgan fingerprint density at radius 3 is 2.27 bits per heavy atom. The quantitative estimate of drug-likeness (QED) is 0.0846. The van der Waals surface area contributed by atoms with Crippen LogP contribution in [0.25, 0.3) is 22.5 Å². The maximum Gasteiger partial charge on any atom is 0.255 e. The highest BCUT2D eigenvalue weighted by Gasteiger charge is 2.36. The first-order valence-corrected chi connectivity index (χ1v) is 21.8. The maximum atomic E-state index is 14.6. The number of nitriles is 1. The van der Waals surface area contributed by atoms with Gasteiger partial charge in [0.15, 0.2) is 5.82 Å². The largest absolute Gasteiger partial charge is 0.507 e. The van der Waals surface area contributed by atoms with Crippen LogP contribution in [-0.4, -0.2) is 108 Å². The van der Waals surface area contributed by atoms with Crippen LogP contribution in [0.5, 0.6) is 17.2 Å². The lowest BCUT2D eigenvalue weighted by atomic mass is 9.93. The van der Waals surface area contributed by atoms with E-state index in [4.69, 9.17) is 26.2 Å². The zero-order valence-corrected chi connectivity index (χ0v) is 38.5. The molecule has 0 saturated carbocycles. The van der Waals surface area contributed by atoms with Gasteiger partial charge in [0, 0.05) is 36.7 Å². The van der Waals surface area contributed by atoms with Gasteiger partial charge in [-0.15, -0.1) is 0 Å². The summed E-state index contributed by atoms with van der Waals surface area (Å²) in [5, 5.41) is 31.0. The zero-order valence-electron chi connectivity index (χ0n) is 38.5. The predicted octanol–water partition coefficient (Wildman–Crippen LogP) is 3.12. The molecule has 0 saturated heterocycles. The molecule has 18 nitrogen and oxygen atoms in total. The molecule has 66 heavy (non-hydrogen) atoms. The molecule has 4 atom stereocenters. The van der Waals surface area contributed by atoms with E-state index in [1.54, 1.807) is 32.0 Å². The van der Waals surface area contributed by atoms with Gasteiger partial charge in [-0.1, -0.05) is 32.9 Å². The molecule has 18 heteroatoms. The summed E-state index contributed by atoms with van der Waals surface area (Å²) in [4.78, 5) is 80.4. The first-order valence-electron chi connectivity index (χ1n) is 21.8. The van der Waals surface area contributed by atoms with E-state index in [1.807, 2.05) is 30.3 Å². The number of phenols is 1. The van der Waals surface area contributed by atoms with Crippen LogP contribution in [0.15, 0.2) is 60.7 Å². The molecule has 0 aliphatic carbocycles. The Hall–Kier alpha value is -7.10. The van der Waals surface area contributed by atoms with Crippen molar-refractivity contribution in [3.05, 3.63) is 88.7 Å². The molecule has 0 spiro atoms. The summed E-state index contributed by atoms with van der Waals surface area (Å²) in [6, 6.07) is 13.5. The number of phenolic OH excluding ortho intramolecular Hbond substituents is 1. The summed E-state index contributed by atoms with van der Waals surface area (Å²) in [6.07, 6.45) is 0.842. The molecule has 1 aliphatic heterocycles. The Bertz CT molecular complexity index is 2440. The molecule has 1 aromatic heterocycles. The van der Waals surface area contributed by atoms with Gasteiger partial charge in [-0.25, -0.2) is 9.97 Å². The van der Waals surface area contributed by atoms with Crippen LogP contribution in [0.1, 0.15) is 79.5 Å². The van der Waals surface area contributed by atoms with Crippen LogP contribution in [0, 0.1) is 30.6 Å². The van der Waals surface area contributed by atoms with Gasteiger partial charge in [-0.05, 0) is 105 Å². The molecule has 3 aromatic carbocycles. The third-order valence-corrected chi connectivity index (χ3v) is 11.0. The van der Waals surface area contributed by atoms with Crippen molar-refractivity contribution in [2.45, 2.75) is 85.0 Å². The number of rotatable bonds is 15. The molecule has 9 N–H and O–H groups in total. The van der Waals surface area contributed by atoms with E-state index in [1.165, 1.54) is 32.2 Å². The first kappa shape index (κ1) is 49.9. The Kier molecular flexibility index (Phi) is 16.8. The molecule has 1 aliphatic rings. The first-order chi connectivity index (χ1) is 31.3. The Morgan fingerprint density at radius 2 is 1.64 bits per heavy atom. The highest BCUT2D eigenvalue weighted by molar-refractivity contribution is 6.00. The van der Waals surface area contributed by atoms with E-state index in [0.717, 1.165) is 11.3 Å². The van der Waals surface area contributed by atoms with Crippen molar-refractivity contribution in [3.8, 4) is 45.8 Å². The van der Waals surface area contributed by atoms with Gasteiger partial charge >= 0.3 is 0 Å². The smallest absolute Gasteiger partial charge is 0.255 e. The lowest BCUT2D eigenvalue weighted by molar-refractivity contribution is -0.141. The van der Waals surface area contributed by atoms with Crippen LogP contribution in [0.3, 0.4) is 0 Å². The predicted molar refractivity (Wildman–Crippen MR) is 247 cm³/mol. The number of likely N-dealkylation sites (N-methyl/N-ethyl adjacent to an activating group) is 1. The molecular formula is C48H60N10O8. The Balaban J connectivity index is 1.48. The molecule has 0 radical (unpaired) electrons. The second-order valence-electron chi connectivity index (χ2n) is 17.3. The molecule has 5 rings (SSSR count). The Morgan fingerprint density at radius 1 is 0.939 bits per heavy atom. The van der Waals surface area contributed by atoms with Crippen LogP contribution in [-0.2, 0) is 25.6 Å². The van der Waals surface area contributed by atoms with Crippen molar-refractivity contribution >= 4 is 29.5 Å². The summed E-state index contributed by atoms with van der Waals surface area (Å²) in [7, 11) is 1.38. The number of carbonyl (C=O) groups excluding carboxylic acids is 5. The average Bonchev–Trinajstić information content (AvgIpc) is 3.26. The van der Waals surface area contributed by atoms with Gasteiger partial charge in [0.2, 0.25) is 23.6 Å². The fourth-order valence-electron chi connectivity index (χ4n) is 7.43. The normalized spacial score (nSPS) is 16.6. The number of benzene rings is 3. The molecule has 2 heterocycles. The average molecular weight is 905 g/mol. The summed E-state index contributed by atoms with van der Waals surface area (Å²) in [5.74, 6) is -2.24. The maximum absolute atomic E-state index is 14.6. The second kappa shape index (κ2) is 22.2. The highest BCUT2D eigenvalue weighted by Crippen LogP contribution is 2.39. The minimum absolute atomic E-state index is 0.0176. The number of nitrogens with one attached hydrogen (secondary N) is 4. The summed E-state index contributed by atoms with van der Waals surface area (Å²) < 4.78 is 11.9. The van der Waals surface area contributed by atoms with Crippen molar-refractivity contribution in [1.29, 1.82) is 5.26 Å². The molecule has 4 unspecified atom stereocenters. The van der Waals surface area contributed by atoms with Crippen LogP contribution in [0.2, 0.25) is 0 Å². The summed E-state index contributed by atoms with van der Waals surface area (Å²) in [5.41, 5.74) is 14.9. The van der Waals surface area contributed by atoms with Crippen LogP contribution >= 0.6 is 0 Å². The van der Waals surface area contributed by atoms with Gasteiger partial charge in [0.25, 0.3) is 5.91 Å². The SMILES string of the molecule is Cc1nc(-c2ccc(OCCC(C)(C)C)cc2)nc(C)c1C(=O)NC(CCN)C(=O)N(C)C1C(=O)NC(C)C(=O)NC(C(=O)NCC#N)Cc2ccc(OCCN)c(c2)-c2cc1ccc2O. The lowest BCUT2D eigenvalue weighted by Crippen LogP contribution is -2.56. The third kappa shape index (κ3) is 12.6. The third-order valence-electron chi connectivity index (χ3n) is 11.0. The van der Waals surface area contributed by atoms with Crippen LogP contribution < -0.4 is 42.2 Å². The number of ether oxygens (including phenoxy) is 2. The van der Waals surface area contributed by atoms with Crippen molar-refractivity contribution in [2.75, 3.05) is 39.9 Å². The fourth-order valence-corrected chi connectivity index (χ4v) is 7.43. The number of nitrogens with zero attached hydrogens (tertiary/aromatic N) is 4. The molecule has 350 valence electrons. The number of fused-ring (bicyclic) bond motifs is 5. The molecule has 0 fully saturated rings. The Labute approximate surface area is 384 Å². The minimum Gasteiger partial charge on any atom is -0.507 e. The number of aromatic nitrogens is 2. The highest BCUT2D eigenvalue weighted by atomic mass is 16.5. The number of amides is 5. The molecule has 4 aromatic rings. The summed E-state index contributed by atoms with van der Waals surface area (Å²) in [6.45, 7) is 11.8. The number of aryl methyl sites for hydroxylation is 2. The van der Waals surface area contributed by atoms with Gasteiger partial charge in [0.1, 0.15) is 54.6 Å². The number of aromatic hydroxyl groups is 1. The van der Waals surface area contributed by atoms with Crippen molar-refractivity contribution in [1.82, 2.24) is 36.1 Å². The fraction of sp³-hybridized carbons (Fsp3) is 0.417. The van der Waals surface area contributed by atoms with E-state index in [0.29, 0.717) is 52.0 Å². The number of carbonyl (C=O) groups is 5. The van der Waals surface area contributed by atoms with Gasteiger partial charge in [-0.3, -0.25) is 24.0 Å². The van der Waals surface area contributed by atoms with E-state index < -0.39 is 53.7 Å². The van der Waals surface area contributed by atoms with Crippen LogP contribution in [0.4, 0.5) is 0 Å². The van der Waals surface area contributed by atoms with E-state index in [-0.39, 0.29) is 66.9 Å². The number of nitrogens with two attached hydrogens (primary N) is 2. The molecular weight excluding hydrogens is 845 g/mol. The van der Waals surface area contributed by atoms with Crippen molar-refractivity contribution in [2.24, 2.45) is 16.9 Å². The summed E-state index contributed by atoms with van der Waals surface area (Å²) >= 11 is 0. The lowest BCUT2D eigenvalue weighted by Gasteiger charge is -2.32. The zero-order chi connectivity index (χ0) is 48.3. The van der Waals surface area contributed by atoms with E-state index in [9.17, 15) is 29.1 Å². The molecule has 5 amide bonds. The van der Waals surface area contributed by atoms with Gasteiger partial charge < -0.3 is 52.2 Å². The minimum atomic E-state index is -1.44. The number of hydrogen-bond donors (Lipinski definition) is 7.